The molecule has 1 atom stereocenters. The minimum Gasteiger partial charge on any atom is -0.497 e. The van der Waals surface area contributed by atoms with Crippen molar-refractivity contribution in [2.45, 2.75) is 38.3 Å². The van der Waals surface area contributed by atoms with Gasteiger partial charge in [0.15, 0.2) is 0 Å². The lowest BCUT2D eigenvalue weighted by Crippen LogP contribution is -2.47. The molecule has 1 aliphatic heterocycles. The van der Waals surface area contributed by atoms with Crippen molar-refractivity contribution in [1.29, 1.82) is 0 Å². The van der Waals surface area contributed by atoms with Crippen LogP contribution < -0.4 is 15.4 Å². The van der Waals surface area contributed by atoms with Crippen molar-refractivity contribution in [3.8, 4) is 5.75 Å². The Bertz CT molecular complexity index is 731. The summed E-state index contributed by atoms with van der Waals surface area (Å²) in [5, 5.41) is 5.57. The molecule has 8 nitrogen and oxygen atoms in total. The van der Waals surface area contributed by atoms with Gasteiger partial charge >= 0.3 is 6.03 Å². The molecule has 154 valence electrons. The van der Waals surface area contributed by atoms with Gasteiger partial charge in [-0.2, -0.15) is 0 Å². The van der Waals surface area contributed by atoms with Crippen LogP contribution >= 0.6 is 0 Å². The summed E-state index contributed by atoms with van der Waals surface area (Å²) in [4.78, 5) is 40.2. The van der Waals surface area contributed by atoms with Crippen molar-refractivity contribution in [3.63, 3.8) is 0 Å². The van der Waals surface area contributed by atoms with E-state index in [1.807, 2.05) is 57.1 Å². The molecule has 1 aliphatic rings. The summed E-state index contributed by atoms with van der Waals surface area (Å²) in [6.45, 7) is 3.75. The third-order valence-corrected chi connectivity index (χ3v) is 5.35. The van der Waals surface area contributed by atoms with Crippen LogP contribution in [0.25, 0.3) is 0 Å². The fourth-order valence-corrected chi connectivity index (χ4v) is 3.41. The van der Waals surface area contributed by atoms with Crippen molar-refractivity contribution in [2.75, 3.05) is 34.3 Å². The second-order valence-electron chi connectivity index (χ2n) is 7.17. The number of benzene rings is 1. The van der Waals surface area contributed by atoms with Gasteiger partial charge in [0.2, 0.25) is 5.91 Å². The summed E-state index contributed by atoms with van der Waals surface area (Å²) in [7, 11) is 5.45. The number of methoxy groups -OCH3 is 1. The zero-order valence-corrected chi connectivity index (χ0v) is 17.2. The minimum absolute atomic E-state index is 0.0764. The molecule has 0 aromatic heterocycles. The van der Waals surface area contributed by atoms with Gasteiger partial charge in [-0.15, -0.1) is 0 Å². The van der Waals surface area contributed by atoms with Gasteiger partial charge in [0, 0.05) is 6.54 Å². The third kappa shape index (κ3) is 4.44. The smallest absolute Gasteiger partial charge is 0.325 e. The summed E-state index contributed by atoms with van der Waals surface area (Å²) in [5.41, 5.74) is 0.0973. The number of hydrogen-bond acceptors (Lipinski definition) is 5. The highest BCUT2D eigenvalue weighted by molar-refractivity contribution is 6.08. The lowest BCUT2D eigenvalue weighted by molar-refractivity contribution is -0.135. The normalized spacial score (nSPS) is 16.9. The summed E-state index contributed by atoms with van der Waals surface area (Å²) in [5.74, 6) is 0.0290. The number of carbonyl (C=O) groups is 3. The van der Waals surface area contributed by atoms with Crippen molar-refractivity contribution in [3.05, 3.63) is 29.8 Å². The van der Waals surface area contributed by atoms with Crippen molar-refractivity contribution in [2.24, 2.45) is 0 Å². The summed E-state index contributed by atoms with van der Waals surface area (Å²) in [6.07, 6.45) is 0.982. The van der Waals surface area contributed by atoms with E-state index in [2.05, 4.69) is 10.6 Å². The van der Waals surface area contributed by atoms with Gasteiger partial charge in [-0.25, -0.2) is 4.79 Å². The first kappa shape index (κ1) is 21.7. The van der Waals surface area contributed by atoms with Gasteiger partial charge < -0.3 is 20.3 Å². The second kappa shape index (κ2) is 9.05. The number of carbonyl (C=O) groups excluding carboxylic acids is 3. The lowest BCUT2D eigenvalue weighted by atomic mass is 9.93. The Balaban J connectivity index is 2.02. The van der Waals surface area contributed by atoms with E-state index in [4.69, 9.17) is 4.74 Å². The fraction of sp³-hybridized carbons (Fsp3) is 0.550. The molecule has 4 amide bonds. The monoisotopic (exact) mass is 390 g/mol. The molecule has 0 bridgehead atoms. The van der Waals surface area contributed by atoms with Gasteiger partial charge in [-0.1, -0.05) is 26.0 Å². The average molecular weight is 390 g/mol. The first-order valence-electron chi connectivity index (χ1n) is 9.49. The summed E-state index contributed by atoms with van der Waals surface area (Å²) < 4.78 is 5.27. The first-order valence-corrected chi connectivity index (χ1v) is 9.49. The molecular formula is C20H30N4O4. The van der Waals surface area contributed by atoms with Gasteiger partial charge in [0.05, 0.1) is 13.2 Å². The molecule has 1 aromatic rings. The van der Waals surface area contributed by atoms with E-state index in [1.165, 1.54) is 0 Å². The van der Waals surface area contributed by atoms with Crippen LogP contribution in [-0.4, -0.2) is 67.5 Å². The van der Waals surface area contributed by atoms with Crippen LogP contribution in [0, 0.1) is 0 Å². The molecular weight excluding hydrogens is 360 g/mol. The van der Waals surface area contributed by atoms with Crippen molar-refractivity contribution >= 4 is 17.8 Å². The van der Waals surface area contributed by atoms with Gasteiger partial charge in [-0.3, -0.25) is 14.5 Å². The van der Waals surface area contributed by atoms with E-state index in [9.17, 15) is 14.4 Å². The Morgan fingerprint density at radius 1 is 1.29 bits per heavy atom. The topological polar surface area (TPSA) is 91.0 Å². The van der Waals surface area contributed by atoms with Crippen LogP contribution in [0.1, 0.15) is 38.3 Å². The van der Waals surface area contributed by atoms with E-state index in [0.29, 0.717) is 19.4 Å². The van der Waals surface area contributed by atoms with Crippen molar-refractivity contribution < 1.29 is 19.1 Å². The Labute approximate surface area is 166 Å². The van der Waals surface area contributed by atoms with Crippen molar-refractivity contribution in [1.82, 2.24) is 20.4 Å². The molecule has 1 unspecified atom stereocenters. The molecule has 1 fully saturated rings. The van der Waals surface area contributed by atoms with Gasteiger partial charge in [0.25, 0.3) is 5.91 Å². The van der Waals surface area contributed by atoms with E-state index >= 15 is 0 Å². The Morgan fingerprint density at radius 2 is 1.96 bits per heavy atom. The van der Waals surface area contributed by atoms with E-state index in [-0.39, 0.29) is 24.4 Å². The molecule has 2 rings (SSSR count). The van der Waals surface area contributed by atoms with E-state index in [0.717, 1.165) is 16.2 Å². The molecule has 1 aromatic carbocycles. The van der Waals surface area contributed by atoms with Crippen LogP contribution in [0.5, 0.6) is 5.75 Å². The lowest BCUT2D eigenvalue weighted by Gasteiger charge is -2.26. The Morgan fingerprint density at radius 3 is 2.50 bits per heavy atom. The number of urea groups is 1. The highest BCUT2D eigenvalue weighted by atomic mass is 16.5. The standard InChI is InChI=1S/C20H30N4O4/c1-6-20(7-2)18(26)24(19(27)22-20)13-17(25)21-12-16(23(3)4)14-9-8-10-15(11-14)28-5/h8-11,16H,6-7,12-13H2,1-5H3,(H,21,25)(H,22,27). The average Bonchev–Trinajstić information content (AvgIpc) is 2.92. The molecule has 8 heteroatoms. The third-order valence-electron chi connectivity index (χ3n) is 5.35. The predicted molar refractivity (Wildman–Crippen MR) is 106 cm³/mol. The number of amides is 4. The summed E-state index contributed by atoms with van der Waals surface area (Å²) >= 11 is 0. The molecule has 28 heavy (non-hydrogen) atoms. The second-order valence-corrected chi connectivity index (χ2v) is 7.17. The van der Waals surface area contributed by atoms with Crippen LogP contribution in [0.4, 0.5) is 4.79 Å². The molecule has 2 N–H and O–H groups in total. The number of hydrogen-bond donors (Lipinski definition) is 2. The number of nitrogens with one attached hydrogen (secondary N) is 2. The van der Waals surface area contributed by atoms with Gasteiger partial charge in [0.1, 0.15) is 17.8 Å². The maximum absolute atomic E-state index is 12.6. The minimum atomic E-state index is -0.899. The summed E-state index contributed by atoms with van der Waals surface area (Å²) in [6, 6.07) is 7.06. The zero-order valence-electron chi connectivity index (χ0n) is 17.2. The number of ether oxygens (including phenoxy) is 1. The van der Waals surface area contributed by atoms with E-state index in [1.54, 1.807) is 7.11 Å². The molecule has 1 saturated heterocycles. The predicted octanol–water partition coefficient (Wildman–Crippen LogP) is 1.52. The molecule has 0 saturated carbocycles. The Kier molecular flexibility index (Phi) is 7.01. The molecule has 0 aliphatic carbocycles. The zero-order chi connectivity index (χ0) is 20.9. The quantitative estimate of drug-likeness (QED) is 0.624. The number of likely N-dealkylation sites (N-methyl/N-ethyl adjacent to an activating group) is 1. The molecule has 0 spiro atoms. The highest BCUT2D eigenvalue weighted by Gasteiger charge is 2.49. The maximum atomic E-state index is 12.6. The van der Waals surface area contributed by atoms with Crippen LogP contribution in [-0.2, 0) is 9.59 Å². The largest absolute Gasteiger partial charge is 0.497 e. The number of rotatable bonds is 9. The first-order chi connectivity index (χ1) is 13.3. The van der Waals surface area contributed by atoms with Crippen LogP contribution in [0.15, 0.2) is 24.3 Å². The van der Waals surface area contributed by atoms with E-state index < -0.39 is 11.6 Å². The SMILES string of the molecule is CCC1(CC)NC(=O)N(CC(=O)NCC(c2cccc(OC)c2)N(C)C)C1=O. The number of imide groups is 1. The van der Waals surface area contributed by atoms with Crippen LogP contribution in [0.2, 0.25) is 0 Å². The molecule has 0 radical (unpaired) electrons. The number of nitrogens with zero attached hydrogens (tertiary/aromatic N) is 2. The Hall–Kier alpha value is -2.61. The highest BCUT2D eigenvalue weighted by Crippen LogP contribution is 2.25. The molecule has 1 heterocycles. The van der Waals surface area contributed by atoms with Crippen LogP contribution in [0.3, 0.4) is 0 Å². The maximum Gasteiger partial charge on any atom is 0.325 e. The fourth-order valence-electron chi connectivity index (χ4n) is 3.41. The van der Waals surface area contributed by atoms with Gasteiger partial charge in [-0.05, 0) is 44.6 Å².